The molecule has 3 unspecified atom stereocenters. The molecule has 0 saturated carbocycles. The molecule has 3 N–H and O–H groups in total. The van der Waals surface area contributed by atoms with Crippen molar-refractivity contribution in [3.8, 4) is 11.5 Å². The van der Waals surface area contributed by atoms with Gasteiger partial charge >= 0.3 is 5.97 Å². The molecule has 1 aliphatic carbocycles. The minimum absolute atomic E-state index is 0.184. The maximum absolute atomic E-state index is 12.7. The van der Waals surface area contributed by atoms with E-state index in [1.54, 1.807) is 50.4 Å². The van der Waals surface area contributed by atoms with Crippen LogP contribution >= 0.6 is 11.8 Å². The van der Waals surface area contributed by atoms with Gasteiger partial charge in [0.1, 0.15) is 11.5 Å². The number of hydrogen-bond acceptors (Lipinski definition) is 6. The predicted octanol–water partition coefficient (Wildman–Crippen LogP) is 4.43. The van der Waals surface area contributed by atoms with E-state index in [0.29, 0.717) is 35.7 Å². The number of carboxylic acid groups (broad SMARTS) is 1. The highest BCUT2D eigenvalue weighted by Gasteiger charge is 2.33. The molecule has 0 saturated heterocycles. The summed E-state index contributed by atoms with van der Waals surface area (Å²) < 4.78 is 10.5. The zero-order valence-electron chi connectivity index (χ0n) is 19.2. The molecule has 0 radical (unpaired) electrons. The van der Waals surface area contributed by atoms with Gasteiger partial charge < -0.3 is 25.2 Å². The number of thioether (sulfide) groups is 1. The Hall–Kier alpha value is -3.46. The Morgan fingerprint density at radius 3 is 2.26 bits per heavy atom. The summed E-state index contributed by atoms with van der Waals surface area (Å²) in [6.07, 6.45) is 4.40. The molecule has 8 nitrogen and oxygen atoms in total. The third-order valence-electron chi connectivity index (χ3n) is 5.56. The molecule has 0 aliphatic heterocycles. The lowest BCUT2D eigenvalue weighted by Crippen LogP contribution is -2.34. The van der Waals surface area contributed by atoms with Crippen molar-refractivity contribution in [1.29, 1.82) is 0 Å². The smallest absolute Gasteiger partial charge is 0.307 e. The summed E-state index contributed by atoms with van der Waals surface area (Å²) in [5.41, 5.74) is 1.13. The summed E-state index contributed by atoms with van der Waals surface area (Å²) >= 11 is 1.37. The average Bonchev–Trinajstić information content (AvgIpc) is 2.85. The summed E-state index contributed by atoms with van der Waals surface area (Å²) in [7, 11) is 3.08. The van der Waals surface area contributed by atoms with E-state index < -0.39 is 23.1 Å². The third kappa shape index (κ3) is 6.32. The Morgan fingerprint density at radius 1 is 0.971 bits per heavy atom. The van der Waals surface area contributed by atoms with Crippen LogP contribution in [0.4, 0.5) is 11.4 Å². The first-order valence-corrected chi connectivity index (χ1v) is 11.7. The van der Waals surface area contributed by atoms with Crippen molar-refractivity contribution in [3.05, 3.63) is 54.6 Å². The topological polar surface area (TPSA) is 114 Å². The zero-order valence-corrected chi connectivity index (χ0v) is 20.1. The lowest BCUT2D eigenvalue weighted by molar-refractivity contribution is -0.146. The number of methoxy groups -OCH3 is 2. The number of benzene rings is 2. The van der Waals surface area contributed by atoms with E-state index in [1.165, 1.54) is 18.9 Å². The molecule has 1 aliphatic rings. The quantitative estimate of drug-likeness (QED) is 0.356. The van der Waals surface area contributed by atoms with Crippen LogP contribution in [0.1, 0.15) is 19.8 Å². The van der Waals surface area contributed by atoms with Crippen molar-refractivity contribution in [2.45, 2.75) is 29.9 Å². The molecule has 0 bridgehead atoms. The summed E-state index contributed by atoms with van der Waals surface area (Å²) in [4.78, 5) is 37.6. The summed E-state index contributed by atoms with van der Waals surface area (Å²) in [6.45, 7) is 1.80. The molecule has 2 aromatic rings. The highest BCUT2D eigenvalue weighted by atomic mass is 32.2. The lowest BCUT2D eigenvalue weighted by Gasteiger charge is -2.24. The first-order chi connectivity index (χ1) is 16.3. The van der Waals surface area contributed by atoms with E-state index >= 15 is 0 Å². The largest absolute Gasteiger partial charge is 0.497 e. The zero-order chi connectivity index (χ0) is 24.7. The number of aliphatic carboxylic acids is 1. The van der Waals surface area contributed by atoms with Crippen LogP contribution < -0.4 is 20.1 Å². The molecule has 0 aromatic heterocycles. The van der Waals surface area contributed by atoms with Crippen LogP contribution in [0, 0.1) is 11.8 Å². The Balaban J connectivity index is 1.57. The average molecular weight is 485 g/mol. The molecule has 180 valence electrons. The van der Waals surface area contributed by atoms with Crippen molar-refractivity contribution in [1.82, 2.24) is 0 Å². The fourth-order valence-corrected chi connectivity index (χ4v) is 4.49. The number of hydrogen-bond donors (Lipinski definition) is 3. The van der Waals surface area contributed by atoms with E-state index in [2.05, 4.69) is 10.6 Å². The number of nitrogens with one attached hydrogen (secondary N) is 2. The van der Waals surface area contributed by atoms with Crippen molar-refractivity contribution >= 4 is 40.9 Å². The Kier molecular flexibility index (Phi) is 8.59. The molecule has 2 aromatic carbocycles. The highest BCUT2D eigenvalue weighted by Crippen LogP contribution is 2.31. The van der Waals surface area contributed by atoms with E-state index in [-0.39, 0.29) is 11.8 Å². The van der Waals surface area contributed by atoms with E-state index in [0.717, 1.165) is 4.90 Å². The van der Waals surface area contributed by atoms with Gasteiger partial charge in [-0.25, -0.2) is 0 Å². The van der Waals surface area contributed by atoms with Gasteiger partial charge in [-0.3, -0.25) is 14.4 Å². The van der Waals surface area contributed by atoms with Gasteiger partial charge in [-0.2, -0.15) is 0 Å². The monoisotopic (exact) mass is 484 g/mol. The lowest BCUT2D eigenvalue weighted by atomic mass is 9.82. The predicted molar refractivity (Wildman–Crippen MR) is 132 cm³/mol. The van der Waals surface area contributed by atoms with Crippen LogP contribution in [0.2, 0.25) is 0 Å². The maximum Gasteiger partial charge on any atom is 0.307 e. The van der Waals surface area contributed by atoms with Gasteiger partial charge in [-0.15, -0.1) is 11.8 Å². The van der Waals surface area contributed by atoms with E-state index in [1.807, 2.05) is 18.2 Å². The highest BCUT2D eigenvalue weighted by molar-refractivity contribution is 8.00. The second kappa shape index (κ2) is 11.6. The van der Waals surface area contributed by atoms with Crippen LogP contribution in [0.25, 0.3) is 0 Å². The van der Waals surface area contributed by atoms with E-state index in [4.69, 9.17) is 9.47 Å². The van der Waals surface area contributed by atoms with Crippen molar-refractivity contribution in [2.24, 2.45) is 11.8 Å². The molecule has 2 amide bonds. The Morgan fingerprint density at radius 2 is 1.65 bits per heavy atom. The standard InChI is InChI=1S/C25H28N2O6S/c1-15(23(28)27-21-13-10-17(32-2)14-22(21)33-3)34-18-11-8-16(9-12-18)26-24(29)19-6-4-5-7-20(19)25(30)31/h4-5,8-15,19-20H,6-7H2,1-3H3,(H,26,29)(H,27,28)(H,30,31). The minimum Gasteiger partial charge on any atom is -0.497 e. The van der Waals surface area contributed by atoms with Gasteiger partial charge in [0.05, 0.1) is 37.0 Å². The molecule has 9 heteroatoms. The number of carbonyl (C=O) groups excluding carboxylic acids is 2. The van der Waals surface area contributed by atoms with Crippen LogP contribution in [-0.4, -0.2) is 42.4 Å². The number of carboxylic acids is 1. The van der Waals surface area contributed by atoms with Gasteiger partial charge in [-0.1, -0.05) is 12.2 Å². The molecule has 0 fully saturated rings. The Bertz CT molecular complexity index is 1070. The maximum atomic E-state index is 12.7. The fraction of sp³-hybridized carbons (Fsp3) is 0.320. The molecular formula is C25H28N2O6S. The van der Waals surface area contributed by atoms with Gasteiger partial charge in [0.15, 0.2) is 0 Å². The third-order valence-corrected chi connectivity index (χ3v) is 6.67. The van der Waals surface area contributed by atoms with Crippen LogP contribution in [0.5, 0.6) is 11.5 Å². The van der Waals surface area contributed by atoms with Gasteiger partial charge in [-0.05, 0) is 56.2 Å². The van der Waals surface area contributed by atoms with Crippen LogP contribution in [-0.2, 0) is 14.4 Å². The van der Waals surface area contributed by atoms with Gasteiger partial charge in [0, 0.05) is 16.6 Å². The van der Waals surface area contributed by atoms with Crippen molar-refractivity contribution in [2.75, 3.05) is 24.9 Å². The van der Waals surface area contributed by atoms with Crippen LogP contribution in [0.15, 0.2) is 59.5 Å². The second-order valence-electron chi connectivity index (χ2n) is 7.82. The number of ether oxygens (including phenoxy) is 2. The molecule has 0 spiro atoms. The van der Waals surface area contributed by atoms with Crippen LogP contribution in [0.3, 0.4) is 0 Å². The SMILES string of the molecule is COc1ccc(NC(=O)C(C)Sc2ccc(NC(=O)C3CC=CCC3C(=O)O)cc2)c(OC)c1. The van der Waals surface area contributed by atoms with Gasteiger partial charge in [0.2, 0.25) is 11.8 Å². The summed E-state index contributed by atoms with van der Waals surface area (Å²) in [6, 6.07) is 12.3. The second-order valence-corrected chi connectivity index (χ2v) is 9.24. The molecular weight excluding hydrogens is 456 g/mol. The number of allylic oxidation sites excluding steroid dienone is 2. The molecule has 34 heavy (non-hydrogen) atoms. The first kappa shape index (κ1) is 25.2. The summed E-state index contributed by atoms with van der Waals surface area (Å²) in [5.74, 6) is -1.64. The number of carbonyl (C=O) groups is 3. The number of rotatable bonds is 9. The Labute approximate surface area is 202 Å². The summed E-state index contributed by atoms with van der Waals surface area (Å²) in [5, 5.41) is 14.7. The van der Waals surface area contributed by atoms with E-state index in [9.17, 15) is 19.5 Å². The van der Waals surface area contributed by atoms with Crippen molar-refractivity contribution in [3.63, 3.8) is 0 Å². The van der Waals surface area contributed by atoms with Crippen molar-refractivity contribution < 1.29 is 29.0 Å². The number of amides is 2. The fourth-order valence-electron chi connectivity index (χ4n) is 3.62. The normalized spacial score (nSPS) is 18.0. The first-order valence-electron chi connectivity index (χ1n) is 10.8. The molecule has 0 heterocycles. The number of anilines is 2. The molecule has 3 rings (SSSR count). The molecule has 3 atom stereocenters. The minimum atomic E-state index is -0.962. The van der Waals surface area contributed by atoms with Gasteiger partial charge in [0.25, 0.3) is 0 Å².